The third-order valence-corrected chi connectivity index (χ3v) is 2.72. The zero-order chi connectivity index (χ0) is 15.7. The summed E-state index contributed by atoms with van der Waals surface area (Å²) >= 11 is 0. The molecule has 21 heavy (non-hydrogen) atoms. The van der Waals surface area contributed by atoms with Crippen molar-refractivity contribution in [1.29, 1.82) is 0 Å². The van der Waals surface area contributed by atoms with Gasteiger partial charge in [-0.15, -0.1) is 13.2 Å². The highest BCUT2D eigenvalue weighted by Crippen LogP contribution is 2.22. The van der Waals surface area contributed by atoms with Gasteiger partial charge in [0.15, 0.2) is 0 Å². The fourth-order valence-electron chi connectivity index (χ4n) is 1.70. The summed E-state index contributed by atoms with van der Waals surface area (Å²) in [5.74, 6) is -0.696. The van der Waals surface area contributed by atoms with E-state index in [4.69, 9.17) is 5.11 Å². The Balaban J connectivity index is 2.34. The number of benzene rings is 1. The van der Waals surface area contributed by atoms with Crippen LogP contribution in [0.25, 0.3) is 0 Å². The van der Waals surface area contributed by atoms with Crippen molar-refractivity contribution < 1.29 is 27.8 Å². The molecule has 0 heterocycles. The summed E-state index contributed by atoms with van der Waals surface area (Å²) in [7, 11) is 0. The fraction of sp³-hybridized carbons (Fsp3) is 0.500. The van der Waals surface area contributed by atoms with E-state index >= 15 is 0 Å². The number of hydrogen-bond acceptors (Lipinski definition) is 3. The van der Waals surface area contributed by atoms with Crippen LogP contribution >= 0.6 is 0 Å². The molecular formula is C14H18F3NO3. The van der Waals surface area contributed by atoms with Gasteiger partial charge in [0.25, 0.3) is 5.91 Å². The average molecular weight is 305 g/mol. The van der Waals surface area contributed by atoms with Crippen molar-refractivity contribution in [2.24, 2.45) is 0 Å². The van der Waals surface area contributed by atoms with Crippen molar-refractivity contribution in [3.8, 4) is 5.75 Å². The number of alkyl halides is 3. The Morgan fingerprint density at radius 1 is 1.10 bits per heavy atom. The monoisotopic (exact) mass is 305 g/mol. The lowest BCUT2D eigenvalue weighted by Crippen LogP contribution is -2.24. The van der Waals surface area contributed by atoms with Gasteiger partial charge in [0, 0.05) is 18.7 Å². The second kappa shape index (κ2) is 8.51. The van der Waals surface area contributed by atoms with Crippen LogP contribution in [0.5, 0.6) is 5.75 Å². The van der Waals surface area contributed by atoms with Crippen molar-refractivity contribution in [2.75, 3.05) is 13.2 Å². The Labute approximate surface area is 120 Å². The van der Waals surface area contributed by atoms with Crippen LogP contribution in [0.3, 0.4) is 0 Å². The predicted molar refractivity (Wildman–Crippen MR) is 71.0 cm³/mol. The number of hydrogen-bond donors (Lipinski definition) is 2. The van der Waals surface area contributed by atoms with E-state index in [0.29, 0.717) is 6.54 Å². The van der Waals surface area contributed by atoms with E-state index in [9.17, 15) is 18.0 Å². The number of amides is 1. The molecule has 0 unspecified atom stereocenters. The van der Waals surface area contributed by atoms with Crippen LogP contribution < -0.4 is 10.1 Å². The minimum Gasteiger partial charge on any atom is -0.406 e. The van der Waals surface area contributed by atoms with E-state index in [0.717, 1.165) is 37.8 Å². The Morgan fingerprint density at radius 2 is 1.71 bits per heavy atom. The van der Waals surface area contributed by atoms with Gasteiger partial charge in [0.2, 0.25) is 0 Å². The quantitative estimate of drug-likeness (QED) is 0.726. The number of carbonyl (C=O) groups excluding carboxylic acids is 1. The standard InChI is InChI=1S/C14H18F3NO3/c15-14(16,17)21-12-7-5-11(6-8-12)13(20)18-9-3-1-2-4-10-19/h5-8,19H,1-4,9-10H2,(H,18,20). The molecule has 0 fully saturated rings. The van der Waals surface area contributed by atoms with E-state index in [1.54, 1.807) is 0 Å². The van der Waals surface area contributed by atoms with Gasteiger partial charge < -0.3 is 15.2 Å². The van der Waals surface area contributed by atoms with Crippen molar-refractivity contribution in [1.82, 2.24) is 5.32 Å². The number of aliphatic hydroxyl groups is 1. The summed E-state index contributed by atoms with van der Waals surface area (Å²) in [5, 5.41) is 11.3. The molecule has 2 N–H and O–H groups in total. The summed E-state index contributed by atoms with van der Waals surface area (Å²) in [4.78, 5) is 11.7. The summed E-state index contributed by atoms with van der Waals surface area (Å²) in [6.07, 6.45) is -1.40. The summed E-state index contributed by atoms with van der Waals surface area (Å²) in [5.41, 5.74) is 0.278. The van der Waals surface area contributed by atoms with Crippen LogP contribution in [0.4, 0.5) is 13.2 Å². The lowest BCUT2D eigenvalue weighted by atomic mass is 10.2. The Morgan fingerprint density at radius 3 is 2.29 bits per heavy atom. The molecule has 1 aromatic rings. The molecule has 4 nitrogen and oxygen atoms in total. The van der Waals surface area contributed by atoms with Crippen molar-refractivity contribution in [3.63, 3.8) is 0 Å². The zero-order valence-electron chi connectivity index (χ0n) is 11.4. The molecule has 0 saturated heterocycles. The van der Waals surface area contributed by atoms with Crippen LogP contribution in [-0.4, -0.2) is 30.5 Å². The molecule has 0 spiro atoms. The van der Waals surface area contributed by atoms with E-state index in [-0.39, 0.29) is 23.8 Å². The summed E-state index contributed by atoms with van der Waals surface area (Å²) in [6.45, 7) is 0.657. The van der Waals surface area contributed by atoms with Crippen LogP contribution in [0.2, 0.25) is 0 Å². The maximum absolute atomic E-state index is 12.0. The SMILES string of the molecule is O=C(NCCCCCCO)c1ccc(OC(F)(F)F)cc1. The van der Waals surface area contributed by atoms with E-state index in [1.165, 1.54) is 12.1 Å². The lowest BCUT2D eigenvalue weighted by molar-refractivity contribution is -0.274. The second-order valence-corrected chi connectivity index (χ2v) is 4.47. The molecule has 0 saturated carbocycles. The number of unbranched alkanes of at least 4 members (excludes halogenated alkanes) is 3. The molecule has 0 aliphatic rings. The second-order valence-electron chi connectivity index (χ2n) is 4.47. The molecule has 118 valence electrons. The normalized spacial score (nSPS) is 11.2. The van der Waals surface area contributed by atoms with Gasteiger partial charge in [0.1, 0.15) is 5.75 Å². The minimum atomic E-state index is -4.74. The number of aliphatic hydroxyl groups excluding tert-OH is 1. The van der Waals surface area contributed by atoms with E-state index in [1.807, 2.05) is 0 Å². The predicted octanol–water partition coefficient (Wildman–Crippen LogP) is 2.87. The van der Waals surface area contributed by atoms with E-state index in [2.05, 4.69) is 10.1 Å². The molecule has 1 aromatic carbocycles. The maximum atomic E-state index is 12.0. The molecule has 1 amide bonds. The van der Waals surface area contributed by atoms with Gasteiger partial charge in [-0.25, -0.2) is 0 Å². The van der Waals surface area contributed by atoms with Crippen molar-refractivity contribution in [2.45, 2.75) is 32.0 Å². The van der Waals surface area contributed by atoms with Crippen molar-refractivity contribution >= 4 is 5.91 Å². The lowest BCUT2D eigenvalue weighted by Gasteiger charge is -2.09. The highest BCUT2D eigenvalue weighted by molar-refractivity contribution is 5.94. The molecule has 7 heteroatoms. The number of ether oxygens (including phenoxy) is 1. The molecule has 0 bridgehead atoms. The largest absolute Gasteiger partial charge is 0.573 e. The summed E-state index contributed by atoms with van der Waals surface area (Å²) < 4.78 is 39.7. The van der Waals surface area contributed by atoms with Gasteiger partial charge in [0.05, 0.1) is 0 Å². The van der Waals surface area contributed by atoms with Crippen LogP contribution in [0.15, 0.2) is 24.3 Å². The Kier molecular flexibility index (Phi) is 7.01. The van der Waals surface area contributed by atoms with Crippen LogP contribution in [0.1, 0.15) is 36.0 Å². The van der Waals surface area contributed by atoms with Gasteiger partial charge >= 0.3 is 6.36 Å². The summed E-state index contributed by atoms with van der Waals surface area (Å²) in [6, 6.07) is 4.76. The molecule has 0 radical (unpaired) electrons. The average Bonchev–Trinajstić information content (AvgIpc) is 2.41. The zero-order valence-corrected chi connectivity index (χ0v) is 11.4. The molecule has 0 aliphatic heterocycles. The maximum Gasteiger partial charge on any atom is 0.573 e. The first-order valence-electron chi connectivity index (χ1n) is 6.67. The minimum absolute atomic E-state index is 0.165. The number of carbonyl (C=O) groups is 1. The van der Waals surface area contributed by atoms with Gasteiger partial charge in [-0.2, -0.15) is 0 Å². The molecule has 0 atom stereocenters. The van der Waals surface area contributed by atoms with Crippen LogP contribution in [-0.2, 0) is 0 Å². The smallest absolute Gasteiger partial charge is 0.406 e. The Bertz CT molecular complexity index is 432. The molecule has 0 aliphatic carbocycles. The number of rotatable bonds is 8. The van der Waals surface area contributed by atoms with Gasteiger partial charge in [-0.1, -0.05) is 12.8 Å². The third kappa shape index (κ3) is 7.55. The number of nitrogens with one attached hydrogen (secondary N) is 1. The highest BCUT2D eigenvalue weighted by atomic mass is 19.4. The van der Waals surface area contributed by atoms with Crippen molar-refractivity contribution in [3.05, 3.63) is 29.8 Å². The molecule has 1 rings (SSSR count). The Hall–Kier alpha value is -1.76. The first-order chi connectivity index (χ1) is 9.92. The third-order valence-electron chi connectivity index (χ3n) is 2.72. The topological polar surface area (TPSA) is 58.6 Å². The first kappa shape index (κ1) is 17.3. The highest BCUT2D eigenvalue weighted by Gasteiger charge is 2.31. The van der Waals surface area contributed by atoms with Crippen LogP contribution in [0, 0.1) is 0 Å². The first-order valence-corrected chi connectivity index (χ1v) is 6.67. The molecule has 0 aromatic heterocycles. The molecular weight excluding hydrogens is 287 g/mol. The van der Waals surface area contributed by atoms with Gasteiger partial charge in [-0.3, -0.25) is 4.79 Å². The van der Waals surface area contributed by atoms with E-state index < -0.39 is 6.36 Å². The fourth-order valence-corrected chi connectivity index (χ4v) is 1.70. The number of halogens is 3. The van der Waals surface area contributed by atoms with Gasteiger partial charge in [-0.05, 0) is 37.1 Å².